The number of nitrogens with one attached hydrogen (secondary N) is 1. The summed E-state index contributed by atoms with van der Waals surface area (Å²) >= 11 is 0. The van der Waals surface area contributed by atoms with E-state index in [2.05, 4.69) is 24.3 Å². The zero-order chi connectivity index (χ0) is 13.1. The Balaban J connectivity index is 2.66. The highest BCUT2D eigenvalue weighted by atomic mass is 16.2. The van der Waals surface area contributed by atoms with E-state index in [4.69, 9.17) is 5.73 Å². The van der Waals surface area contributed by atoms with Crippen LogP contribution in [-0.2, 0) is 4.79 Å². The van der Waals surface area contributed by atoms with Crippen molar-refractivity contribution >= 4 is 5.91 Å². The molecular weight excluding hydrogens is 214 g/mol. The molecule has 3 unspecified atom stereocenters. The van der Waals surface area contributed by atoms with Crippen LogP contribution in [0.1, 0.15) is 53.4 Å². The molecule has 0 aromatic carbocycles. The van der Waals surface area contributed by atoms with E-state index in [1.165, 1.54) is 6.42 Å². The smallest absolute Gasteiger partial charge is 0.241 e. The lowest BCUT2D eigenvalue weighted by atomic mass is 9.87. The lowest BCUT2D eigenvalue weighted by Crippen LogP contribution is -2.58. The van der Waals surface area contributed by atoms with Crippen LogP contribution < -0.4 is 11.2 Å². The summed E-state index contributed by atoms with van der Waals surface area (Å²) in [5.74, 6) is 0.0584. The van der Waals surface area contributed by atoms with Crippen LogP contribution in [0.2, 0.25) is 0 Å². The number of piperidine rings is 1. The Hall–Kier alpha value is -0.610. The molecule has 0 saturated carbocycles. The molecule has 1 fully saturated rings. The number of hydrogen-bond acceptors (Lipinski definition) is 3. The van der Waals surface area contributed by atoms with Crippen molar-refractivity contribution < 1.29 is 4.79 Å². The Kier molecular flexibility index (Phi) is 4.95. The van der Waals surface area contributed by atoms with E-state index in [1.807, 2.05) is 13.8 Å². The molecule has 1 aliphatic heterocycles. The molecule has 1 rings (SSSR count). The summed E-state index contributed by atoms with van der Waals surface area (Å²) in [4.78, 5) is 12.3. The zero-order valence-corrected chi connectivity index (χ0v) is 11.6. The van der Waals surface area contributed by atoms with Gasteiger partial charge < -0.3 is 5.73 Å². The van der Waals surface area contributed by atoms with Crippen molar-refractivity contribution in [2.24, 2.45) is 11.1 Å². The van der Waals surface area contributed by atoms with Crippen molar-refractivity contribution in [1.29, 1.82) is 0 Å². The van der Waals surface area contributed by atoms with Crippen LogP contribution in [-0.4, -0.2) is 29.5 Å². The van der Waals surface area contributed by atoms with Crippen LogP contribution in [0, 0.1) is 5.41 Å². The number of hydrogen-bond donors (Lipinski definition) is 2. The molecule has 3 N–H and O–H groups in total. The highest BCUT2D eigenvalue weighted by Crippen LogP contribution is 2.23. The summed E-state index contributed by atoms with van der Waals surface area (Å²) < 4.78 is 0. The van der Waals surface area contributed by atoms with E-state index < -0.39 is 5.41 Å². The lowest BCUT2D eigenvalue weighted by Gasteiger charge is -2.40. The van der Waals surface area contributed by atoms with Crippen molar-refractivity contribution in [1.82, 2.24) is 10.4 Å². The van der Waals surface area contributed by atoms with Gasteiger partial charge in [0.2, 0.25) is 5.91 Å². The number of amides is 1. The minimum atomic E-state index is -0.448. The highest BCUT2D eigenvalue weighted by molar-refractivity contribution is 5.82. The number of carbonyl (C=O) groups excluding carboxylic acids is 1. The summed E-state index contributed by atoms with van der Waals surface area (Å²) in [6.45, 7) is 8.67. The largest absolute Gasteiger partial charge is 0.329 e. The molecule has 0 bridgehead atoms. The minimum absolute atomic E-state index is 0.0584. The van der Waals surface area contributed by atoms with Gasteiger partial charge in [-0.3, -0.25) is 10.2 Å². The summed E-state index contributed by atoms with van der Waals surface area (Å²) in [5.41, 5.74) is 8.34. The monoisotopic (exact) mass is 241 g/mol. The average Bonchev–Trinajstić information content (AvgIpc) is 2.32. The first kappa shape index (κ1) is 14.5. The van der Waals surface area contributed by atoms with Gasteiger partial charge in [0, 0.05) is 18.6 Å². The third kappa shape index (κ3) is 3.19. The first-order valence-corrected chi connectivity index (χ1v) is 6.74. The van der Waals surface area contributed by atoms with Gasteiger partial charge in [-0.2, -0.15) is 0 Å². The fourth-order valence-corrected chi connectivity index (χ4v) is 2.29. The van der Waals surface area contributed by atoms with Gasteiger partial charge in [-0.1, -0.05) is 13.3 Å². The molecule has 0 aliphatic carbocycles. The predicted molar refractivity (Wildman–Crippen MR) is 70.2 cm³/mol. The molecule has 1 amide bonds. The van der Waals surface area contributed by atoms with E-state index in [-0.39, 0.29) is 5.91 Å². The second-order valence-electron chi connectivity index (χ2n) is 5.60. The third-order valence-electron chi connectivity index (χ3n) is 4.20. The van der Waals surface area contributed by atoms with Crippen LogP contribution in [0.3, 0.4) is 0 Å². The quantitative estimate of drug-likeness (QED) is 0.787. The van der Waals surface area contributed by atoms with Crippen molar-refractivity contribution in [3.63, 3.8) is 0 Å². The molecule has 100 valence electrons. The molecule has 0 aromatic heterocycles. The van der Waals surface area contributed by atoms with Gasteiger partial charge in [-0.05, 0) is 40.0 Å². The molecule has 1 aliphatic rings. The van der Waals surface area contributed by atoms with Crippen molar-refractivity contribution in [2.75, 3.05) is 6.54 Å². The number of hydrazine groups is 1. The van der Waals surface area contributed by atoms with Crippen molar-refractivity contribution in [3.8, 4) is 0 Å². The SMILES string of the molecule is CCC(C)(CN)C(=O)NN1C(C)CCCC1C. The Morgan fingerprint density at radius 3 is 2.35 bits per heavy atom. The van der Waals surface area contributed by atoms with E-state index in [0.29, 0.717) is 18.6 Å². The van der Waals surface area contributed by atoms with E-state index in [0.717, 1.165) is 19.3 Å². The van der Waals surface area contributed by atoms with Crippen LogP contribution >= 0.6 is 0 Å². The molecule has 4 heteroatoms. The first-order chi connectivity index (χ1) is 7.94. The summed E-state index contributed by atoms with van der Waals surface area (Å²) in [5, 5.41) is 2.11. The van der Waals surface area contributed by atoms with Gasteiger partial charge in [0.05, 0.1) is 5.41 Å². The van der Waals surface area contributed by atoms with E-state index >= 15 is 0 Å². The maximum atomic E-state index is 12.3. The lowest BCUT2D eigenvalue weighted by molar-refractivity contribution is -0.138. The molecule has 0 radical (unpaired) electrons. The van der Waals surface area contributed by atoms with Gasteiger partial charge >= 0.3 is 0 Å². The maximum Gasteiger partial charge on any atom is 0.241 e. The second kappa shape index (κ2) is 5.83. The van der Waals surface area contributed by atoms with Crippen molar-refractivity contribution in [2.45, 2.75) is 65.5 Å². The Morgan fingerprint density at radius 1 is 1.41 bits per heavy atom. The van der Waals surface area contributed by atoms with Gasteiger partial charge in [-0.25, -0.2) is 5.01 Å². The van der Waals surface area contributed by atoms with Crippen LogP contribution in [0.15, 0.2) is 0 Å². The predicted octanol–water partition coefficient (Wildman–Crippen LogP) is 1.66. The molecule has 17 heavy (non-hydrogen) atoms. The zero-order valence-electron chi connectivity index (χ0n) is 11.6. The number of nitrogens with two attached hydrogens (primary N) is 1. The van der Waals surface area contributed by atoms with E-state index in [1.54, 1.807) is 0 Å². The number of nitrogens with zero attached hydrogens (tertiary/aromatic N) is 1. The van der Waals surface area contributed by atoms with Gasteiger partial charge in [0.25, 0.3) is 0 Å². The highest BCUT2D eigenvalue weighted by Gasteiger charge is 2.34. The summed E-state index contributed by atoms with van der Waals surface area (Å²) in [7, 11) is 0. The van der Waals surface area contributed by atoms with Crippen LogP contribution in [0.4, 0.5) is 0 Å². The average molecular weight is 241 g/mol. The first-order valence-electron chi connectivity index (χ1n) is 6.74. The fraction of sp³-hybridized carbons (Fsp3) is 0.923. The minimum Gasteiger partial charge on any atom is -0.329 e. The van der Waals surface area contributed by atoms with E-state index in [9.17, 15) is 4.79 Å². The van der Waals surface area contributed by atoms with Crippen molar-refractivity contribution in [3.05, 3.63) is 0 Å². The summed E-state index contributed by atoms with van der Waals surface area (Å²) in [6.07, 6.45) is 4.31. The van der Waals surface area contributed by atoms with Gasteiger partial charge in [0.1, 0.15) is 0 Å². The normalized spacial score (nSPS) is 29.7. The molecule has 4 nitrogen and oxygen atoms in total. The molecular formula is C13H27N3O. The Bertz CT molecular complexity index is 253. The number of rotatable bonds is 4. The molecule has 0 spiro atoms. The van der Waals surface area contributed by atoms with Gasteiger partial charge in [-0.15, -0.1) is 0 Å². The Labute approximate surface area is 105 Å². The van der Waals surface area contributed by atoms with Gasteiger partial charge in [0.15, 0.2) is 0 Å². The number of carbonyl (C=O) groups is 1. The molecule has 3 atom stereocenters. The Morgan fingerprint density at radius 2 is 1.94 bits per heavy atom. The standard InChI is InChI=1S/C13H27N3O/c1-5-13(4,9-14)12(17)15-16-10(2)7-6-8-11(16)3/h10-11H,5-9,14H2,1-4H3,(H,15,17). The topological polar surface area (TPSA) is 58.4 Å². The third-order valence-corrected chi connectivity index (χ3v) is 4.20. The second-order valence-corrected chi connectivity index (χ2v) is 5.60. The molecule has 1 saturated heterocycles. The maximum absolute atomic E-state index is 12.3. The fourth-order valence-electron chi connectivity index (χ4n) is 2.29. The molecule has 1 heterocycles. The van der Waals surface area contributed by atoms with Crippen LogP contribution in [0.5, 0.6) is 0 Å². The van der Waals surface area contributed by atoms with Crippen LogP contribution in [0.25, 0.3) is 0 Å². The summed E-state index contributed by atoms with van der Waals surface area (Å²) in [6, 6.07) is 0.836. The molecule has 0 aromatic rings.